The first-order chi connectivity index (χ1) is 7.44. The smallest absolute Gasteiger partial charge is 0.152 e. The average Bonchev–Trinajstić information content (AvgIpc) is 2.44. The van der Waals surface area contributed by atoms with Crippen molar-refractivity contribution < 1.29 is 4.79 Å². The minimum absolute atomic E-state index is 0.255. The lowest BCUT2D eigenvalue weighted by molar-refractivity contribution is -0.130. The zero-order valence-corrected chi connectivity index (χ0v) is 11.4. The second-order valence-corrected chi connectivity index (χ2v) is 5.98. The highest BCUT2D eigenvalue weighted by atomic mass is 16.1. The maximum absolute atomic E-state index is 12.2. The number of Topliss-reactive ketones (excluding diaryl/α,β-unsaturated/α-hetero) is 1. The van der Waals surface area contributed by atoms with Gasteiger partial charge in [-0.15, -0.1) is 0 Å². The number of hydrogen-bond donors (Lipinski definition) is 0. The third-order valence-corrected chi connectivity index (χ3v) is 3.67. The van der Waals surface area contributed by atoms with E-state index in [0.717, 1.165) is 13.1 Å². The Hall–Kier alpha value is -0.370. The summed E-state index contributed by atoms with van der Waals surface area (Å²) in [5.74, 6) is 0.878. The van der Waals surface area contributed by atoms with Crippen LogP contribution in [0.25, 0.3) is 0 Å². The molecule has 0 saturated carbocycles. The van der Waals surface area contributed by atoms with Crippen molar-refractivity contribution in [2.75, 3.05) is 13.1 Å². The topological polar surface area (TPSA) is 20.3 Å². The average molecular weight is 225 g/mol. The minimum Gasteiger partial charge on any atom is -0.298 e. The summed E-state index contributed by atoms with van der Waals surface area (Å²) in [4.78, 5) is 14.6. The van der Waals surface area contributed by atoms with Crippen LogP contribution in [0.1, 0.15) is 59.8 Å². The quantitative estimate of drug-likeness (QED) is 0.732. The zero-order chi connectivity index (χ0) is 12.2. The molecule has 2 nitrogen and oxygen atoms in total. The number of carbonyl (C=O) groups excluding carboxylic acids is 1. The molecule has 0 amide bonds. The molecular formula is C14H27NO. The van der Waals surface area contributed by atoms with Gasteiger partial charge in [-0.1, -0.05) is 26.7 Å². The lowest BCUT2D eigenvalue weighted by atomic mass is 9.90. The number of ketones is 1. The molecule has 1 aliphatic rings. The maximum atomic E-state index is 12.2. The first kappa shape index (κ1) is 13.7. The molecule has 1 saturated heterocycles. The van der Waals surface area contributed by atoms with Crippen molar-refractivity contribution in [2.24, 2.45) is 5.92 Å². The number of likely N-dealkylation sites (tertiary alicyclic amines) is 1. The van der Waals surface area contributed by atoms with Crippen LogP contribution in [0.4, 0.5) is 0 Å². The Morgan fingerprint density at radius 2 is 1.62 bits per heavy atom. The molecule has 94 valence electrons. The van der Waals surface area contributed by atoms with Gasteiger partial charge in [-0.25, -0.2) is 0 Å². The van der Waals surface area contributed by atoms with Crippen molar-refractivity contribution in [3.63, 3.8) is 0 Å². The van der Waals surface area contributed by atoms with E-state index >= 15 is 0 Å². The predicted molar refractivity (Wildman–Crippen MR) is 68.6 cm³/mol. The van der Waals surface area contributed by atoms with Gasteiger partial charge in [0.2, 0.25) is 0 Å². The summed E-state index contributed by atoms with van der Waals surface area (Å²) in [6, 6.07) is 0. The Balaban J connectivity index is 2.62. The van der Waals surface area contributed by atoms with Crippen molar-refractivity contribution in [2.45, 2.75) is 65.3 Å². The molecule has 1 rings (SSSR count). The summed E-state index contributed by atoms with van der Waals surface area (Å²) >= 11 is 0. The van der Waals surface area contributed by atoms with Crippen molar-refractivity contribution in [3.8, 4) is 0 Å². The molecule has 1 heterocycles. The van der Waals surface area contributed by atoms with Gasteiger partial charge in [0.05, 0.1) is 5.54 Å². The lowest BCUT2D eigenvalue weighted by Gasteiger charge is -2.37. The molecule has 0 aliphatic carbocycles. The molecule has 0 aromatic heterocycles. The Morgan fingerprint density at radius 3 is 2.06 bits per heavy atom. The van der Waals surface area contributed by atoms with Crippen LogP contribution in [0.15, 0.2) is 0 Å². The SMILES string of the molecule is CC(C)CC(=O)C(C)(C)N1CCCCCC1. The van der Waals surface area contributed by atoms with Gasteiger partial charge in [-0.3, -0.25) is 9.69 Å². The van der Waals surface area contributed by atoms with Crippen LogP contribution < -0.4 is 0 Å². The lowest BCUT2D eigenvalue weighted by Crippen LogP contribution is -2.50. The summed E-state index contributed by atoms with van der Waals surface area (Å²) in [7, 11) is 0. The predicted octanol–water partition coefficient (Wildman–Crippen LogP) is 3.26. The molecule has 1 aliphatic heterocycles. The van der Waals surface area contributed by atoms with Crippen molar-refractivity contribution in [1.82, 2.24) is 4.90 Å². The summed E-state index contributed by atoms with van der Waals surface area (Å²) in [5.41, 5.74) is -0.255. The van der Waals surface area contributed by atoms with Crippen LogP contribution in [0.5, 0.6) is 0 Å². The van der Waals surface area contributed by atoms with Crippen molar-refractivity contribution in [3.05, 3.63) is 0 Å². The molecule has 2 heteroatoms. The first-order valence-electron chi connectivity index (χ1n) is 6.73. The van der Waals surface area contributed by atoms with Crippen LogP contribution in [0, 0.1) is 5.92 Å². The highest BCUT2D eigenvalue weighted by Gasteiger charge is 2.34. The molecule has 1 fully saturated rings. The fourth-order valence-corrected chi connectivity index (χ4v) is 2.43. The first-order valence-corrected chi connectivity index (χ1v) is 6.73. The second-order valence-electron chi connectivity index (χ2n) is 5.98. The molecule has 16 heavy (non-hydrogen) atoms. The van der Waals surface area contributed by atoms with Crippen molar-refractivity contribution >= 4 is 5.78 Å². The van der Waals surface area contributed by atoms with Crippen molar-refractivity contribution in [1.29, 1.82) is 0 Å². The van der Waals surface area contributed by atoms with Gasteiger partial charge in [0.25, 0.3) is 0 Å². The Kier molecular flexibility index (Phi) is 4.97. The maximum Gasteiger partial charge on any atom is 0.152 e. The molecule has 0 spiro atoms. The highest BCUT2D eigenvalue weighted by Crippen LogP contribution is 2.23. The molecule has 0 atom stereocenters. The molecular weight excluding hydrogens is 198 g/mol. The van der Waals surface area contributed by atoms with E-state index in [9.17, 15) is 4.79 Å². The Morgan fingerprint density at radius 1 is 1.12 bits per heavy atom. The van der Waals surface area contributed by atoms with E-state index in [1.165, 1.54) is 25.7 Å². The standard InChI is InChI=1S/C14H27NO/c1-12(2)11-13(16)14(3,4)15-9-7-5-6-8-10-15/h12H,5-11H2,1-4H3. The summed E-state index contributed by atoms with van der Waals surface area (Å²) < 4.78 is 0. The molecule has 0 aromatic rings. The van der Waals surface area contributed by atoms with Gasteiger partial charge in [0, 0.05) is 6.42 Å². The highest BCUT2D eigenvalue weighted by molar-refractivity contribution is 5.87. The van der Waals surface area contributed by atoms with Crippen LogP contribution in [-0.2, 0) is 4.79 Å². The summed E-state index contributed by atoms with van der Waals surface area (Å²) in [5, 5.41) is 0. The number of carbonyl (C=O) groups is 1. The summed E-state index contributed by atoms with van der Waals surface area (Å²) in [6.45, 7) is 10.6. The molecule has 0 radical (unpaired) electrons. The van der Waals surface area contributed by atoms with Gasteiger partial charge in [0.15, 0.2) is 5.78 Å². The van der Waals surface area contributed by atoms with Crippen LogP contribution in [-0.4, -0.2) is 29.3 Å². The number of hydrogen-bond acceptors (Lipinski definition) is 2. The van der Waals surface area contributed by atoms with E-state index in [-0.39, 0.29) is 5.54 Å². The van der Waals surface area contributed by atoms with E-state index in [0.29, 0.717) is 18.1 Å². The fraction of sp³-hybridized carbons (Fsp3) is 0.929. The van der Waals surface area contributed by atoms with Crippen LogP contribution in [0.3, 0.4) is 0 Å². The molecule has 0 aromatic carbocycles. The van der Waals surface area contributed by atoms with Gasteiger partial charge in [-0.2, -0.15) is 0 Å². The van der Waals surface area contributed by atoms with Gasteiger partial charge < -0.3 is 0 Å². The van der Waals surface area contributed by atoms with Gasteiger partial charge in [-0.05, 0) is 45.7 Å². The molecule has 0 bridgehead atoms. The monoisotopic (exact) mass is 225 g/mol. The molecule has 0 unspecified atom stereocenters. The van der Waals surface area contributed by atoms with E-state index in [4.69, 9.17) is 0 Å². The van der Waals surface area contributed by atoms with E-state index in [2.05, 4.69) is 32.6 Å². The summed E-state index contributed by atoms with van der Waals surface area (Å²) in [6.07, 6.45) is 5.86. The fourth-order valence-electron chi connectivity index (χ4n) is 2.43. The zero-order valence-electron chi connectivity index (χ0n) is 11.4. The van der Waals surface area contributed by atoms with Gasteiger partial charge in [0.1, 0.15) is 0 Å². The largest absolute Gasteiger partial charge is 0.298 e. The van der Waals surface area contributed by atoms with E-state index in [1.807, 2.05) is 0 Å². The van der Waals surface area contributed by atoms with Crippen LogP contribution in [0.2, 0.25) is 0 Å². The van der Waals surface area contributed by atoms with E-state index < -0.39 is 0 Å². The van der Waals surface area contributed by atoms with Crippen LogP contribution >= 0.6 is 0 Å². The third-order valence-electron chi connectivity index (χ3n) is 3.67. The van der Waals surface area contributed by atoms with E-state index in [1.54, 1.807) is 0 Å². The van der Waals surface area contributed by atoms with Gasteiger partial charge >= 0.3 is 0 Å². The molecule has 0 N–H and O–H groups in total. The number of nitrogens with zero attached hydrogens (tertiary/aromatic N) is 1. The Bertz CT molecular complexity index is 225. The Labute approximate surface area is 100 Å². The number of rotatable bonds is 4. The normalized spacial score (nSPS) is 19.8. The minimum atomic E-state index is -0.255. The third kappa shape index (κ3) is 3.58. The second kappa shape index (κ2) is 5.81.